The minimum atomic E-state index is -0.215. The van der Waals surface area contributed by atoms with Crippen molar-refractivity contribution >= 4 is 11.8 Å². The summed E-state index contributed by atoms with van der Waals surface area (Å²) in [7, 11) is 0. The molecule has 0 aromatic rings. The molecule has 0 aliphatic carbocycles. The van der Waals surface area contributed by atoms with Crippen molar-refractivity contribution < 1.29 is 9.59 Å². The molecule has 0 aromatic carbocycles. The summed E-state index contributed by atoms with van der Waals surface area (Å²) in [4.78, 5) is 25.0. The highest BCUT2D eigenvalue weighted by molar-refractivity contribution is 5.79. The summed E-state index contributed by atoms with van der Waals surface area (Å²) in [5.41, 5.74) is 0. The van der Waals surface area contributed by atoms with E-state index in [1.165, 1.54) is 167 Å². The Morgan fingerprint density at radius 2 is 0.568 bits per heavy atom. The Kier molecular flexibility index (Phi) is 35.5. The van der Waals surface area contributed by atoms with Gasteiger partial charge in [-0.1, -0.05) is 207 Å². The number of nitrogens with one attached hydrogen (secondary N) is 2. The molecule has 4 heteroatoms. The number of unbranched alkanes of at least 4 members (excludes halogenated alkanes) is 28. The second-order valence-electron chi connectivity index (χ2n) is 13.9. The maximum Gasteiger partial charge on any atom is 0.221 e. The van der Waals surface area contributed by atoms with Gasteiger partial charge in [0.1, 0.15) is 6.17 Å². The molecule has 0 radical (unpaired) electrons. The van der Waals surface area contributed by atoms with Gasteiger partial charge in [-0.05, 0) is 19.3 Å². The van der Waals surface area contributed by atoms with Crippen LogP contribution in [0.5, 0.6) is 0 Å². The summed E-state index contributed by atoms with van der Waals surface area (Å²) < 4.78 is 0. The third-order valence-corrected chi connectivity index (χ3v) is 9.26. The van der Waals surface area contributed by atoms with Gasteiger partial charge in [0.15, 0.2) is 0 Å². The van der Waals surface area contributed by atoms with E-state index in [0.717, 1.165) is 38.5 Å². The number of carbonyl (C=O) groups excluding carboxylic acids is 2. The molecule has 0 unspecified atom stereocenters. The first-order valence-corrected chi connectivity index (χ1v) is 20.2. The normalized spacial score (nSPS) is 11.4. The summed E-state index contributed by atoms with van der Waals surface area (Å²) in [5.74, 6) is 0.177. The summed E-state index contributed by atoms with van der Waals surface area (Å²) in [6, 6.07) is 0. The largest absolute Gasteiger partial charge is 0.336 e. The lowest BCUT2D eigenvalue weighted by Gasteiger charge is -2.20. The molecule has 44 heavy (non-hydrogen) atoms. The summed E-state index contributed by atoms with van der Waals surface area (Å²) in [5, 5.41) is 6.16. The van der Waals surface area contributed by atoms with Crippen LogP contribution in [-0.2, 0) is 9.59 Å². The minimum absolute atomic E-state index is 0.0883. The van der Waals surface area contributed by atoms with E-state index in [-0.39, 0.29) is 18.0 Å². The van der Waals surface area contributed by atoms with E-state index in [9.17, 15) is 9.59 Å². The Balaban J connectivity index is 3.61. The number of hydrogen-bond acceptors (Lipinski definition) is 2. The molecule has 0 saturated heterocycles. The Bertz CT molecular complexity index is 546. The standard InChI is InChI=1S/C40H80N2O2/c1-4-7-9-11-13-15-17-19-21-23-25-27-29-31-33-36-39(43)41-38(35-6-3)42-40(44)37-34-32-30-28-26-24-22-20-18-16-14-12-10-8-5-2/h38H,4-37H2,1-3H3,(H,41,43)(H,42,44). The summed E-state index contributed by atoms with van der Waals surface area (Å²) in [6.07, 6.45) is 42.7. The highest BCUT2D eigenvalue weighted by Crippen LogP contribution is 2.15. The van der Waals surface area contributed by atoms with E-state index in [4.69, 9.17) is 0 Å². The molecule has 0 aliphatic rings. The molecule has 0 aromatic heterocycles. The fourth-order valence-corrected chi connectivity index (χ4v) is 6.32. The second-order valence-corrected chi connectivity index (χ2v) is 13.9. The van der Waals surface area contributed by atoms with Crippen molar-refractivity contribution in [2.75, 3.05) is 0 Å². The van der Waals surface area contributed by atoms with Crippen molar-refractivity contribution in [2.45, 2.75) is 245 Å². The molecule has 0 rings (SSSR count). The van der Waals surface area contributed by atoms with Gasteiger partial charge in [-0.3, -0.25) is 9.59 Å². The van der Waals surface area contributed by atoms with E-state index in [2.05, 4.69) is 31.4 Å². The van der Waals surface area contributed by atoms with Crippen LogP contribution in [0.3, 0.4) is 0 Å². The second kappa shape index (κ2) is 36.4. The Labute approximate surface area is 276 Å². The van der Waals surface area contributed by atoms with E-state index < -0.39 is 0 Å². The lowest BCUT2D eigenvalue weighted by atomic mass is 10.0. The smallest absolute Gasteiger partial charge is 0.221 e. The van der Waals surface area contributed by atoms with Crippen LogP contribution in [0.25, 0.3) is 0 Å². The van der Waals surface area contributed by atoms with Crippen LogP contribution in [0, 0.1) is 0 Å². The molecule has 0 heterocycles. The first-order valence-electron chi connectivity index (χ1n) is 20.2. The van der Waals surface area contributed by atoms with Crippen molar-refractivity contribution in [3.63, 3.8) is 0 Å². The Hall–Kier alpha value is -1.06. The van der Waals surface area contributed by atoms with Gasteiger partial charge < -0.3 is 10.6 Å². The van der Waals surface area contributed by atoms with E-state index >= 15 is 0 Å². The van der Waals surface area contributed by atoms with E-state index in [1.807, 2.05) is 0 Å². The van der Waals surface area contributed by atoms with Crippen LogP contribution >= 0.6 is 0 Å². The number of hydrogen-bond donors (Lipinski definition) is 2. The molecule has 4 nitrogen and oxygen atoms in total. The first kappa shape index (κ1) is 42.9. The van der Waals surface area contributed by atoms with Crippen molar-refractivity contribution in [3.8, 4) is 0 Å². The van der Waals surface area contributed by atoms with Gasteiger partial charge in [0.05, 0.1) is 0 Å². The fourth-order valence-electron chi connectivity index (χ4n) is 6.32. The molecule has 0 saturated carbocycles. The minimum Gasteiger partial charge on any atom is -0.336 e. The third-order valence-electron chi connectivity index (χ3n) is 9.26. The average molecular weight is 621 g/mol. The zero-order valence-corrected chi connectivity index (χ0v) is 30.4. The molecule has 0 spiro atoms. The molecule has 0 aliphatic heterocycles. The van der Waals surface area contributed by atoms with Crippen LogP contribution in [0.2, 0.25) is 0 Å². The van der Waals surface area contributed by atoms with Crippen molar-refractivity contribution in [2.24, 2.45) is 0 Å². The van der Waals surface area contributed by atoms with Crippen LogP contribution in [-0.4, -0.2) is 18.0 Å². The highest BCUT2D eigenvalue weighted by atomic mass is 16.2. The van der Waals surface area contributed by atoms with Crippen LogP contribution < -0.4 is 10.6 Å². The van der Waals surface area contributed by atoms with Crippen molar-refractivity contribution in [3.05, 3.63) is 0 Å². The number of carbonyl (C=O) groups is 2. The lowest BCUT2D eigenvalue weighted by molar-refractivity contribution is -0.124. The van der Waals surface area contributed by atoms with Crippen molar-refractivity contribution in [1.29, 1.82) is 0 Å². The molecule has 2 amide bonds. The van der Waals surface area contributed by atoms with E-state index in [0.29, 0.717) is 12.8 Å². The number of rotatable bonds is 36. The van der Waals surface area contributed by atoms with Gasteiger partial charge in [-0.15, -0.1) is 0 Å². The maximum atomic E-state index is 12.5. The van der Waals surface area contributed by atoms with Gasteiger partial charge in [0.2, 0.25) is 11.8 Å². The topological polar surface area (TPSA) is 58.2 Å². The van der Waals surface area contributed by atoms with Gasteiger partial charge in [0, 0.05) is 12.8 Å². The van der Waals surface area contributed by atoms with Gasteiger partial charge in [-0.2, -0.15) is 0 Å². The van der Waals surface area contributed by atoms with Crippen LogP contribution in [0.15, 0.2) is 0 Å². The Morgan fingerprint density at radius 3 is 0.795 bits per heavy atom. The first-order chi connectivity index (χ1) is 21.6. The van der Waals surface area contributed by atoms with Crippen LogP contribution in [0.4, 0.5) is 0 Å². The zero-order valence-electron chi connectivity index (χ0n) is 30.4. The molecular formula is C40H80N2O2. The molecule has 0 bridgehead atoms. The van der Waals surface area contributed by atoms with Crippen molar-refractivity contribution in [1.82, 2.24) is 10.6 Å². The van der Waals surface area contributed by atoms with Gasteiger partial charge in [0.25, 0.3) is 0 Å². The summed E-state index contributed by atoms with van der Waals surface area (Å²) >= 11 is 0. The maximum absolute atomic E-state index is 12.5. The summed E-state index contributed by atoms with van der Waals surface area (Å²) in [6.45, 7) is 6.67. The third kappa shape index (κ3) is 33.8. The SMILES string of the molecule is CCCCCCCCCCCCCCCCCC(=O)NC(CCC)NC(=O)CCCCCCCCCCCCCCCCC. The predicted molar refractivity (Wildman–Crippen MR) is 194 cm³/mol. The fraction of sp³-hybridized carbons (Fsp3) is 0.950. The molecule has 262 valence electrons. The monoisotopic (exact) mass is 621 g/mol. The molecule has 0 atom stereocenters. The highest BCUT2D eigenvalue weighted by Gasteiger charge is 2.14. The quantitative estimate of drug-likeness (QED) is 0.0541. The lowest BCUT2D eigenvalue weighted by Crippen LogP contribution is -2.47. The van der Waals surface area contributed by atoms with Crippen LogP contribution in [0.1, 0.15) is 239 Å². The number of amides is 2. The molecule has 0 fully saturated rings. The van der Waals surface area contributed by atoms with Gasteiger partial charge >= 0.3 is 0 Å². The average Bonchev–Trinajstić information content (AvgIpc) is 3.01. The molecular weight excluding hydrogens is 540 g/mol. The molecule has 2 N–H and O–H groups in total. The zero-order chi connectivity index (χ0) is 32.2. The Morgan fingerprint density at radius 1 is 0.341 bits per heavy atom. The van der Waals surface area contributed by atoms with Gasteiger partial charge in [-0.25, -0.2) is 0 Å². The van der Waals surface area contributed by atoms with E-state index in [1.54, 1.807) is 0 Å². The predicted octanol–water partition coefficient (Wildman–Crippen LogP) is 12.9.